The van der Waals surface area contributed by atoms with E-state index in [1.807, 2.05) is 0 Å². The van der Waals surface area contributed by atoms with Gasteiger partial charge in [0.2, 0.25) is 0 Å². The number of hydrogen-bond acceptors (Lipinski definition) is 8. The first-order valence-corrected chi connectivity index (χ1v) is 6.81. The third-order valence-electron chi connectivity index (χ3n) is 3.56. The van der Waals surface area contributed by atoms with Crippen LogP contribution in [0.25, 0.3) is 11.2 Å². The first-order valence-electron chi connectivity index (χ1n) is 6.81. The summed E-state index contributed by atoms with van der Waals surface area (Å²) in [6.07, 6.45) is -1.23. The highest BCUT2D eigenvalue weighted by molar-refractivity contribution is 5.78. The van der Waals surface area contributed by atoms with E-state index >= 15 is 0 Å². The molecule has 2 aromatic heterocycles. The molecule has 0 saturated carbocycles. The zero-order valence-electron chi connectivity index (χ0n) is 11.8. The van der Waals surface area contributed by atoms with Crippen LogP contribution in [-0.2, 0) is 16.0 Å². The Kier molecular flexibility index (Phi) is 3.87. The van der Waals surface area contributed by atoms with Crippen LogP contribution in [0.2, 0.25) is 0 Å². The fraction of sp³-hybridized carbons (Fsp3) is 0.538. The van der Waals surface area contributed by atoms with Crippen LogP contribution in [-0.4, -0.2) is 65.5 Å². The van der Waals surface area contributed by atoms with Gasteiger partial charge in [-0.2, -0.15) is 0 Å². The molecule has 1 aliphatic heterocycles. The molecule has 9 heteroatoms. The predicted molar refractivity (Wildman–Crippen MR) is 72.7 cm³/mol. The van der Waals surface area contributed by atoms with E-state index in [9.17, 15) is 15.0 Å². The number of ketones is 1. The lowest BCUT2D eigenvalue weighted by atomic mass is 10.1. The molecule has 1 saturated heterocycles. The van der Waals surface area contributed by atoms with Gasteiger partial charge in [0.1, 0.15) is 35.4 Å². The first-order chi connectivity index (χ1) is 10.5. The number of fused-ring (bicyclic) bond motifs is 1. The summed E-state index contributed by atoms with van der Waals surface area (Å²) in [7, 11) is 0. The molecule has 3 N–H and O–H groups in total. The summed E-state index contributed by atoms with van der Waals surface area (Å²) < 4.78 is 6.92. The highest BCUT2D eigenvalue weighted by atomic mass is 16.6. The Bertz CT molecular complexity index is 703. The Morgan fingerprint density at radius 2 is 2.14 bits per heavy atom. The molecule has 0 aromatic carbocycles. The highest BCUT2D eigenvalue weighted by Crippen LogP contribution is 2.31. The number of aliphatic hydroxyl groups excluding tert-OH is 3. The molecule has 22 heavy (non-hydrogen) atoms. The molecule has 3 heterocycles. The monoisotopic (exact) mass is 308 g/mol. The minimum absolute atomic E-state index is 0.0710. The molecule has 0 radical (unpaired) electrons. The maximum absolute atomic E-state index is 11.2. The molecule has 9 nitrogen and oxygen atoms in total. The standard InChI is InChI=1S/C13H16N4O5/c1-6(19)2-9-14-3-7-12(16-9)17(5-15-7)13-11(21)10(20)8(4-18)22-13/h3,5,8,10-11,13,18,20-21H,2,4H2,1H3. The van der Waals surface area contributed by atoms with E-state index in [-0.39, 0.29) is 12.2 Å². The van der Waals surface area contributed by atoms with E-state index in [4.69, 9.17) is 9.84 Å². The van der Waals surface area contributed by atoms with Crippen molar-refractivity contribution in [2.45, 2.75) is 37.9 Å². The average molecular weight is 308 g/mol. The second kappa shape index (κ2) is 5.69. The third kappa shape index (κ3) is 2.48. The third-order valence-corrected chi connectivity index (χ3v) is 3.56. The first kappa shape index (κ1) is 15.0. The largest absolute Gasteiger partial charge is 0.394 e. The van der Waals surface area contributed by atoms with Gasteiger partial charge in [0.15, 0.2) is 11.9 Å². The van der Waals surface area contributed by atoms with Crippen molar-refractivity contribution in [2.24, 2.45) is 0 Å². The number of Topliss-reactive ketones (excluding diaryl/α,β-unsaturated/α-hetero) is 1. The zero-order chi connectivity index (χ0) is 15.9. The van der Waals surface area contributed by atoms with Gasteiger partial charge in [-0.3, -0.25) is 9.36 Å². The molecular weight excluding hydrogens is 292 g/mol. The summed E-state index contributed by atoms with van der Waals surface area (Å²) in [5.74, 6) is 0.270. The van der Waals surface area contributed by atoms with Gasteiger partial charge in [-0.1, -0.05) is 0 Å². The Morgan fingerprint density at radius 3 is 2.77 bits per heavy atom. The fourth-order valence-corrected chi connectivity index (χ4v) is 2.47. The van der Waals surface area contributed by atoms with Crippen LogP contribution in [0, 0.1) is 0 Å². The highest BCUT2D eigenvalue weighted by Gasteiger charge is 2.43. The van der Waals surface area contributed by atoms with Gasteiger partial charge in [-0.15, -0.1) is 0 Å². The number of imidazole rings is 1. The molecule has 2 aromatic rings. The summed E-state index contributed by atoms with van der Waals surface area (Å²) >= 11 is 0. The summed E-state index contributed by atoms with van der Waals surface area (Å²) in [6.45, 7) is 1.03. The number of nitrogens with zero attached hydrogens (tertiary/aromatic N) is 4. The lowest BCUT2D eigenvalue weighted by Crippen LogP contribution is -2.33. The van der Waals surface area contributed by atoms with Gasteiger partial charge in [-0.25, -0.2) is 15.0 Å². The number of carbonyl (C=O) groups excluding carboxylic acids is 1. The molecular formula is C13H16N4O5. The molecule has 1 aliphatic rings. The van der Waals surface area contributed by atoms with Crippen molar-refractivity contribution >= 4 is 16.9 Å². The summed E-state index contributed by atoms with van der Waals surface area (Å²) in [5.41, 5.74) is 0.867. The molecule has 4 atom stereocenters. The van der Waals surface area contributed by atoms with Gasteiger partial charge < -0.3 is 20.1 Å². The topological polar surface area (TPSA) is 131 Å². The maximum Gasteiger partial charge on any atom is 0.165 e. The molecule has 118 valence electrons. The van der Waals surface area contributed by atoms with E-state index in [1.165, 1.54) is 24.0 Å². The van der Waals surface area contributed by atoms with Crippen LogP contribution in [0.5, 0.6) is 0 Å². The summed E-state index contributed by atoms with van der Waals surface area (Å²) in [5, 5.41) is 29.0. The zero-order valence-corrected chi connectivity index (χ0v) is 11.8. The van der Waals surface area contributed by atoms with Crippen molar-refractivity contribution in [1.82, 2.24) is 19.5 Å². The number of rotatable bonds is 4. The fourth-order valence-electron chi connectivity index (χ4n) is 2.47. The average Bonchev–Trinajstić information content (AvgIpc) is 3.01. The lowest BCUT2D eigenvalue weighted by molar-refractivity contribution is -0.116. The Hall–Kier alpha value is -1.94. The molecule has 0 amide bonds. The number of carbonyl (C=O) groups is 1. The quantitative estimate of drug-likeness (QED) is 0.626. The van der Waals surface area contributed by atoms with E-state index in [1.54, 1.807) is 0 Å². The van der Waals surface area contributed by atoms with Crippen molar-refractivity contribution in [3.8, 4) is 0 Å². The van der Waals surface area contributed by atoms with E-state index < -0.39 is 31.1 Å². The Morgan fingerprint density at radius 1 is 1.36 bits per heavy atom. The lowest BCUT2D eigenvalue weighted by Gasteiger charge is -2.16. The number of aromatic nitrogens is 4. The minimum atomic E-state index is -1.22. The van der Waals surface area contributed by atoms with Crippen molar-refractivity contribution in [1.29, 1.82) is 0 Å². The SMILES string of the molecule is CC(=O)Cc1ncc2ncn(C3OC(CO)C(O)C3O)c2n1. The molecule has 3 rings (SSSR count). The van der Waals surface area contributed by atoms with Crippen LogP contribution in [0.3, 0.4) is 0 Å². The smallest absolute Gasteiger partial charge is 0.165 e. The van der Waals surface area contributed by atoms with E-state index in [2.05, 4.69) is 15.0 Å². The second-order valence-electron chi connectivity index (χ2n) is 5.25. The number of ether oxygens (including phenoxy) is 1. The molecule has 0 spiro atoms. The predicted octanol–water partition coefficient (Wildman–Crippen LogP) is -1.43. The van der Waals surface area contributed by atoms with E-state index in [0.717, 1.165) is 0 Å². The second-order valence-corrected chi connectivity index (χ2v) is 5.25. The molecule has 0 bridgehead atoms. The van der Waals surface area contributed by atoms with Gasteiger partial charge in [0.25, 0.3) is 0 Å². The van der Waals surface area contributed by atoms with Crippen molar-refractivity contribution in [2.75, 3.05) is 6.61 Å². The van der Waals surface area contributed by atoms with Gasteiger partial charge >= 0.3 is 0 Å². The van der Waals surface area contributed by atoms with Gasteiger partial charge in [0.05, 0.1) is 25.6 Å². The van der Waals surface area contributed by atoms with Gasteiger partial charge in [-0.05, 0) is 6.92 Å². The maximum atomic E-state index is 11.2. The number of hydrogen-bond donors (Lipinski definition) is 3. The van der Waals surface area contributed by atoms with Crippen molar-refractivity contribution in [3.63, 3.8) is 0 Å². The van der Waals surface area contributed by atoms with E-state index in [0.29, 0.717) is 17.0 Å². The summed E-state index contributed by atoms with van der Waals surface area (Å²) in [6, 6.07) is 0. The van der Waals surface area contributed by atoms with Crippen molar-refractivity contribution < 1.29 is 24.9 Å². The molecule has 1 fully saturated rings. The van der Waals surface area contributed by atoms with Crippen molar-refractivity contribution in [3.05, 3.63) is 18.3 Å². The molecule has 4 unspecified atom stereocenters. The van der Waals surface area contributed by atoms with Crippen LogP contribution in [0.1, 0.15) is 19.0 Å². The van der Waals surface area contributed by atoms with Crippen LogP contribution >= 0.6 is 0 Å². The molecule has 0 aliphatic carbocycles. The van der Waals surface area contributed by atoms with Gasteiger partial charge in [0, 0.05) is 0 Å². The minimum Gasteiger partial charge on any atom is -0.394 e. The normalized spacial score (nSPS) is 28.4. The Labute approximate surface area is 125 Å². The summed E-state index contributed by atoms with van der Waals surface area (Å²) in [4.78, 5) is 23.6. The number of aliphatic hydroxyl groups is 3. The van der Waals surface area contributed by atoms with Crippen LogP contribution in [0.15, 0.2) is 12.5 Å². The Balaban J connectivity index is 1.98. The van der Waals surface area contributed by atoms with Crippen LogP contribution in [0.4, 0.5) is 0 Å². The van der Waals surface area contributed by atoms with Crippen LogP contribution < -0.4 is 0 Å².